The highest BCUT2D eigenvalue weighted by Gasteiger charge is 2.13. The summed E-state index contributed by atoms with van der Waals surface area (Å²) in [4.78, 5) is 8.38. The van der Waals surface area contributed by atoms with Crippen molar-refractivity contribution in [3.05, 3.63) is 48.2 Å². The lowest BCUT2D eigenvalue weighted by atomic mass is 10.1. The van der Waals surface area contributed by atoms with E-state index in [1.165, 1.54) is 32.4 Å². The number of aryl methyl sites for hydroxylation is 1. The van der Waals surface area contributed by atoms with E-state index < -0.39 is 0 Å². The lowest BCUT2D eigenvalue weighted by molar-refractivity contribution is 0.242. The summed E-state index contributed by atoms with van der Waals surface area (Å²) in [5.41, 5.74) is 3.07. The quantitative estimate of drug-likeness (QED) is 0.539. The molecule has 27 heavy (non-hydrogen) atoms. The number of hydrogen-bond donors (Lipinski definition) is 0. The van der Waals surface area contributed by atoms with E-state index in [0.29, 0.717) is 0 Å². The van der Waals surface area contributed by atoms with Crippen LogP contribution < -0.4 is 0 Å². The summed E-state index contributed by atoms with van der Waals surface area (Å²) in [6.07, 6.45) is 4.08. The highest BCUT2D eigenvalue weighted by Crippen LogP contribution is 2.34. The molecule has 0 spiro atoms. The molecule has 2 aromatic heterocycles. The summed E-state index contributed by atoms with van der Waals surface area (Å²) in [5.74, 6) is 1.08. The molecule has 4 nitrogen and oxygen atoms in total. The van der Waals surface area contributed by atoms with Crippen molar-refractivity contribution in [3.63, 3.8) is 0 Å². The number of piperidine rings is 1. The average Bonchev–Trinajstić information content (AvgIpc) is 3.12. The minimum absolute atomic E-state index is 0.910. The molecule has 0 radical (unpaired) electrons. The van der Waals surface area contributed by atoms with Crippen LogP contribution >= 0.6 is 23.1 Å². The van der Waals surface area contributed by atoms with E-state index in [-0.39, 0.29) is 0 Å². The molecular weight excluding hydrogens is 372 g/mol. The van der Waals surface area contributed by atoms with Crippen LogP contribution in [0, 0.1) is 6.92 Å². The Bertz CT molecular complexity index is 856. The topological polar surface area (TPSA) is 41.9 Å². The number of rotatable bonds is 6. The van der Waals surface area contributed by atoms with Crippen molar-refractivity contribution in [2.75, 3.05) is 25.4 Å². The SMILES string of the molecule is Cc1nc(-c2ccccc2)sc1-c1ccc(SCCN2CCCCC2)nn1. The third-order valence-corrected chi connectivity index (χ3v) is 6.93. The normalized spacial score (nSPS) is 15.1. The number of thioether (sulfide) groups is 1. The molecule has 0 atom stereocenters. The summed E-state index contributed by atoms with van der Waals surface area (Å²) in [6, 6.07) is 14.5. The highest BCUT2D eigenvalue weighted by molar-refractivity contribution is 7.99. The van der Waals surface area contributed by atoms with Gasteiger partial charge >= 0.3 is 0 Å². The first kappa shape index (κ1) is 18.6. The number of nitrogens with zero attached hydrogens (tertiary/aromatic N) is 4. The minimum atomic E-state index is 0.910. The minimum Gasteiger partial charge on any atom is -0.303 e. The third-order valence-electron chi connectivity index (χ3n) is 4.80. The zero-order valence-corrected chi connectivity index (χ0v) is 17.2. The number of benzene rings is 1. The van der Waals surface area contributed by atoms with Crippen LogP contribution in [0.4, 0.5) is 0 Å². The smallest absolute Gasteiger partial charge is 0.124 e. The Morgan fingerprint density at radius 3 is 2.56 bits per heavy atom. The predicted octanol–water partition coefficient (Wildman–Crippen LogP) is 5.15. The van der Waals surface area contributed by atoms with Crippen LogP contribution in [0.2, 0.25) is 0 Å². The molecule has 0 amide bonds. The second-order valence-electron chi connectivity index (χ2n) is 6.81. The standard InChI is InChI=1S/C21H24N4S2/c1-16-20(27-21(22-16)17-8-4-2-5-9-17)18-10-11-19(24-23-18)26-15-14-25-12-6-3-7-13-25/h2,4-5,8-11H,3,6-7,12-15H2,1H3. The van der Waals surface area contributed by atoms with E-state index in [9.17, 15) is 0 Å². The maximum atomic E-state index is 4.72. The van der Waals surface area contributed by atoms with Crippen LogP contribution in [-0.4, -0.2) is 45.5 Å². The number of hydrogen-bond acceptors (Lipinski definition) is 6. The average molecular weight is 397 g/mol. The van der Waals surface area contributed by atoms with E-state index in [0.717, 1.165) is 44.2 Å². The van der Waals surface area contributed by atoms with Crippen LogP contribution in [-0.2, 0) is 0 Å². The summed E-state index contributed by atoms with van der Waals surface area (Å²) < 4.78 is 0. The monoisotopic (exact) mass is 396 g/mol. The summed E-state index contributed by atoms with van der Waals surface area (Å²) in [6.45, 7) is 5.68. The van der Waals surface area contributed by atoms with Gasteiger partial charge in [0.15, 0.2) is 0 Å². The molecule has 0 N–H and O–H groups in total. The molecule has 1 fully saturated rings. The first-order valence-electron chi connectivity index (χ1n) is 9.52. The molecule has 1 saturated heterocycles. The first-order chi connectivity index (χ1) is 13.3. The summed E-state index contributed by atoms with van der Waals surface area (Å²) in [7, 11) is 0. The van der Waals surface area contributed by atoms with Crippen molar-refractivity contribution in [1.29, 1.82) is 0 Å². The van der Waals surface area contributed by atoms with Crippen molar-refractivity contribution in [2.45, 2.75) is 31.2 Å². The molecular formula is C21H24N4S2. The Labute approximate surface area is 169 Å². The number of likely N-dealkylation sites (tertiary alicyclic amines) is 1. The van der Waals surface area contributed by atoms with Gasteiger partial charge < -0.3 is 4.90 Å². The van der Waals surface area contributed by atoms with Crippen molar-refractivity contribution < 1.29 is 0 Å². The van der Waals surface area contributed by atoms with E-state index in [1.807, 2.05) is 25.1 Å². The van der Waals surface area contributed by atoms with Gasteiger partial charge in [-0.15, -0.1) is 33.3 Å². The van der Waals surface area contributed by atoms with Gasteiger partial charge in [0.25, 0.3) is 0 Å². The van der Waals surface area contributed by atoms with Crippen molar-refractivity contribution in [3.8, 4) is 21.1 Å². The van der Waals surface area contributed by atoms with Gasteiger partial charge in [-0.1, -0.05) is 36.8 Å². The maximum Gasteiger partial charge on any atom is 0.124 e. The molecule has 1 aliphatic rings. The lowest BCUT2D eigenvalue weighted by Gasteiger charge is -2.25. The Hall–Kier alpha value is -1.76. The van der Waals surface area contributed by atoms with E-state index >= 15 is 0 Å². The van der Waals surface area contributed by atoms with Gasteiger partial charge in [-0.05, 0) is 45.0 Å². The second-order valence-corrected chi connectivity index (χ2v) is 8.92. The van der Waals surface area contributed by atoms with Crippen molar-refractivity contribution in [2.24, 2.45) is 0 Å². The maximum absolute atomic E-state index is 4.72. The molecule has 140 valence electrons. The first-order valence-corrected chi connectivity index (χ1v) is 11.3. The molecule has 1 aromatic carbocycles. The predicted molar refractivity (Wildman–Crippen MR) is 114 cm³/mol. The van der Waals surface area contributed by atoms with Gasteiger partial charge in [-0.3, -0.25) is 0 Å². The molecule has 3 heterocycles. The molecule has 0 bridgehead atoms. The van der Waals surface area contributed by atoms with E-state index in [4.69, 9.17) is 4.98 Å². The fourth-order valence-corrected chi connectivity index (χ4v) is 5.18. The van der Waals surface area contributed by atoms with Gasteiger partial charge in [0.2, 0.25) is 0 Å². The Balaban J connectivity index is 1.39. The summed E-state index contributed by atoms with van der Waals surface area (Å²) >= 11 is 3.48. The van der Waals surface area contributed by atoms with E-state index in [1.54, 1.807) is 23.1 Å². The van der Waals surface area contributed by atoms with Crippen LogP contribution in [0.3, 0.4) is 0 Å². The number of aromatic nitrogens is 3. The van der Waals surface area contributed by atoms with Gasteiger partial charge in [-0.2, -0.15) is 0 Å². The van der Waals surface area contributed by atoms with Crippen molar-refractivity contribution >= 4 is 23.1 Å². The Morgan fingerprint density at radius 1 is 1.00 bits per heavy atom. The summed E-state index contributed by atoms with van der Waals surface area (Å²) in [5, 5.41) is 10.9. The van der Waals surface area contributed by atoms with Crippen LogP contribution in [0.25, 0.3) is 21.1 Å². The largest absolute Gasteiger partial charge is 0.303 e. The van der Waals surface area contributed by atoms with Crippen LogP contribution in [0.1, 0.15) is 25.0 Å². The van der Waals surface area contributed by atoms with Crippen LogP contribution in [0.15, 0.2) is 47.5 Å². The molecule has 0 saturated carbocycles. The lowest BCUT2D eigenvalue weighted by Crippen LogP contribution is -2.31. The van der Waals surface area contributed by atoms with E-state index in [2.05, 4.69) is 39.4 Å². The van der Waals surface area contributed by atoms with Crippen LogP contribution in [0.5, 0.6) is 0 Å². The van der Waals surface area contributed by atoms with Gasteiger partial charge in [-0.25, -0.2) is 4.98 Å². The second kappa shape index (κ2) is 8.95. The molecule has 0 unspecified atom stereocenters. The fraction of sp³-hybridized carbons (Fsp3) is 0.381. The van der Waals surface area contributed by atoms with Gasteiger partial charge in [0.1, 0.15) is 15.7 Å². The molecule has 3 aromatic rings. The van der Waals surface area contributed by atoms with Gasteiger partial charge in [0.05, 0.1) is 10.6 Å². The molecule has 1 aliphatic heterocycles. The highest BCUT2D eigenvalue weighted by atomic mass is 32.2. The molecule has 4 rings (SSSR count). The zero-order chi connectivity index (χ0) is 18.5. The van der Waals surface area contributed by atoms with Gasteiger partial charge in [0, 0.05) is 17.9 Å². The third kappa shape index (κ3) is 4.75. The number of thiazole rings is 1. The Kier molecular flexibility index (Phi) is 6.17. The zero-order valence-electron chi connectivity index (χ0n) is 15.6. The molecule has 6 heteroatoms. The Morgan fingerprint density at radius 2 is 1.81 bits per heavy atom. The fourth-order valence-electron chi connectivity index (χ4n) is 3.32. The molecule has 0 aliphatic carbocycles. The van der Waals surface area contributed by atoms with Crippen molar-refractivity contribution in [1.82, 2.24) is 20.1 Å².